The van der Waals surface area contributed by atoms with Crippen molar-refractivity contribution in [3.05, 3.63) is 119 Å². The van der Waals surface area contributed by atoms with Gasteiger partial charge >= 0.3 is 0 Å². The Hall–Kier alpha value is -5.39. The minimum atomic E-state index is -0.0187. The molecule has 0 spiro atoms. The van der Waals surface area contributed by atoms with Crippen LogP contribution in [-0.2, 0) is 26.4 Å². The highest BCUT2D eigenvalue weighted by atomic mass is 35.5. The van der Waals surface area contributed by atoms with E-state index in [9.17, 15) is 0 Å². The van der Waals surface area contributed by atoms with E-state index in [1.54, 1.807) is 40.6 Å². The van der Waals surface area contributed by atoms with Gasteiger partial charge in [-0.15, -0.1) is 0 Å². The molecule has 12 heteroatoms. The molecule has 0 saturated carbocycles. The van der Waals surface area contributed by atoms with Crippen LogP contribution in [0.5, 0.6) is 40.4 Å². The van der Waals surface area contributed by atoms with Gasteiger partial charge in [-0.05, 0) is 70.8 Å². The number of aliphatic hydroxyl groups excluding tert-OH is 1. The van der Waals surface area contributed by atoms with E-state index in [0.717, 1.165) is 33.8 Å². The predicted molar refractivity (Wildman–Crippen MR) is 196 cm³/mol. The van der Waals surface area contributed by atoms with Crippen LogP contribution >= 0.6 is 11.6 Å². The summed E-state index contributed by atoms with van der Waals surface area (Å²) in [5.41, 5.74) is 9.44. The summed E-state index contributed by atoms with van der Waals surface area (Å²) in [6.07, 6.45) is 1.36. The second kappa shape index (κ2) is 20.9. The molecule has 0 aliphatic rings. The first-order valence-corrected chi connectivity index (χ1v) is 15.1. The summed E-state index contributed by atoms with van der Waals surface area (Å²) in [6.45, 7) is 1.06. The quantitative estimate of drug-likeness (QED) is 0.116. The molecule has 0 aliphatic heterocycles. The molecule has 5 rings (SSSR count). The maximum Gasteiger partial charge on any atom is 0.258 e. The predicted octanol–water partition coefficient (Wildman–Crippen LogP) is 7.93. The third kappa shape index (κ3) is 11.9. The molecular weight excluding hydrogens is 662 g/mol. The molecule has 5 aromatic rings. The number of hydrogen-bond donors (Lipinski definition) is 2. The maximum absolute atomic E-state index is 9.10. The molecule has 268 valence electrons. The van der Waals surface area contributed by atoms with Crippen LogP contribution in [0.4, 0.5) is 5.82 Å². The first-order chi connectivity index (χ1) is 23.3. The number of nitrogen functional groups attached to an aromatic ring is 1. The van der Waals surface area contributed by atoms with Crippen molar-refractivity contribution in [2.75, 3.05) is 34.2 Å². The molecule has 0 unspecified atom stereocenters. The number of anilines is 1. The molecule has 0 aliphatic carbocycles. The van der Waals surface area contributed by atoms with Crippen LogP contribution in [-0.4, -0.2) is 43.5 Å². The minimum Gasteiger partial charge on any atom is -0.497 e. The second-order valence-electron chi connectivity index (χ2n) is 10.1. The van der Waals surface area contributed by atoms with Crippen molar-refractivity contribution in [1.82, 2.24) is 9.97 Å². The molecular formula is C38H46ClN3O8. The zero-order valence-electron chi connectivity index (χ0n) is 27.1. The highest BCUT2D eigenvalue weighted by Gasteiger charge is 2.10. The first kappa shape index (κ1) is 40.8. The number of methoxy groups -OCH3 is 4. The van der Waals surface area contributed by atoms with Crippen LogP contribution in [0.2, 0.25) is 5.15 Å². The molecule has 4 aromatic carbocycles. The fourth-order valence-corrected chi connectivity index (χ4v) is 4.36. The maximum atomic E-state index is 9.10. The molecule has 0 saturated heterocycles. The largest absolute Gasteiger partial charge is 0.497 e. The van der Waals surface area contributed by atoms with Gasteiger partial charge in [0.05, 0.1) is 41.2 Å². The fraction of sp³-hybridized carbons (Fsp3) is 0.263. The summed E-state index contributed by atoms with van der Waals surface area (Å²) in [4.78, 5) is 7.92. The van der Waals surface area contributed by atoms with Crippen LogP contribution in [0.25, 0.3) is 0 Å². The Bertz CT molecular complexity index is 1740. The van der Waals surface area contributed by atoms with Crippen molar-refractivity contribution < 1.29 is 38.3 Å². The SMILES string of the molecule is C.C.COc1ccc(COc2ccc(CO)cc2OC)cc1.COc1ccc(COc2ccc(COc3nc(Cl)cnc3N)cc2OC)cc1. The number of ether oxygens (including phenoxy) is 7. The molecule has 0 fully saturated rings. The minimum absolute atomic E-state index is 0. The Morgan fingerprint density at radius 3 is 1.48 bits per heavy atom. The summed E-state index contributed by atoms with van der Waals surface area (Å²) < 4.78 is 38.2. The van der Waals surface area contributed by atoms with E-state index < -0.39 is 0 Å². The van der Waals surface area contributed by atoms with Gasteiger partial charge < -0.3 is 44.0 Å². The second-order valence-corrected chi connectivity index (χ2v) is 10.5. The Balaban J connectivity index is 0.000000351. The van der Waals surface area contributed by atoms with Crippen molar-refractivity contribution in [2.24, 2.45) is 0 Å². The van der Waals surface area contributed by atoms with E-state index in [1.807, 2.05) is 72.8 Å². The van der Waals surface area contributed by atoms with Crippen molar-refractivity contribution in [3.63, 3.8) is 0 Å². The van der Waals surface area contributed by atoms with Gasteiger partial charge in [-0.3, -0.25) is 0 Å². The normalized spacial score (nSPS) is 9.88. The smallest absolute Gasteiger partial charge is 0.258 e. The lowest BCUT2D eigenvalue weighted by Gasteiger charge is -2.13. The molecule has 3 N–H and O–H groups in total. The van der Waals surface area contributed by atoms with Crippen molar-refractivity contribution in [2.45, 2.75) is 41.3 Å². The molecule has 0 radical (unpaired) electrons. The number of aromatic nitrogens is 2. The van der Waals surface area contributed by atoms with Gasteiger partial charge in [-0.25, -0.2) is 4.98 Å². The lowest BCUT2D eigenvalue weighted by molar-refractivity contribution is 0.274. The van der Waals surface area contributed by atoms with Gasteiger partial charge in [0.1, 0.15) is 31.3 Å². The number of halogens is 1. The van der Waals surface area contributed by atoms with E-state index in [1.165, 1.54) is 6.20 Å². The van der Waals surface area contributed by atoms with Crippen LogP contribution < -0.4 is 38.9 Å². The van der Waals surface area contributed by atoms with Crippen molar-refractivity contribution >= 4 is 17.4 Å². The van der Waals surface area contributed by atoms with Gasteiger partial charge in [0.15, 0.2) is 34.0 Å². The first-order valence-electron chi connectivity index (χ1n) is 14.7. The summed E-state index contributed by atoms with van der Waals surface area (Å²) in [6, 6.07) is 26.3. The van der Waals surface area contributed by atoms with Crippen LogP contribution in [0, 0.1) is 0 Å². The van der Waals surface area contributed by atoms with Crippen LogP contribution in [0.15, 0.2) is 91.1 Å². The standard InChI is InChI=1S/C20H20ClN3O4.C16H18O4.2CH4/c1-25-15-6-3-13(4-7-15)11-27-16-8-5-14(9-17(16)26-2)12-28-20-19(22)23-10-18(21)24-20;1-18-14-6-3-12(4-7-14)11-20-15-8-5-13(10-17)9-16(15)19-2;;/h3-10H,11-12H2,1-2H3,(H2,22,23);3-9,17H,10-11H2,1-2H3;2*1H4. The van der Waals surface area contributed by atoms with E-state index >= 15 is 0 Å². The molecule has 0 bridgehead atoms. The lowest BCUT2D eigenvalue weighted by Crippen LogP contribution is -2.03. The monoisotopic (exact) mass is 707 g/mol. The van der Waals surface area contributed by atoms with Gasteiger partial charge in [-0.1, -0.05) is 62.9 Å². The van der Waals surface area contributed by atoms with Gasteiger partial charge in [0, 0.05) is 0 Å². The number of nitrogens with two attached hydrogens (primary N) is 1. The summed E-state index contributed by atoms with van der Waals surface area (Å²) in [5, 5.41) is 9.31. The Morgan fingerprint density at radius 1 is 0.580 bits per heavy atom. The van der Waals surface area contributed by atoms with E-state index in [4.69, 9.17) is 55.6 Å². The van der Waals surface area contributed by atoms with Gasteiger partial charge in [0.25, 0.3) is 5.88 Å². The zero-order chi connectivity index (χ0) is 34.3. The van der Waals surface area contributed by atoms with Crippen LogP contribution in [0.3, 0.4) is 0 Å². The fourth-order valence-electron chi connectivity index (χ4n) is 4.24. The topological polar surface area (TPSA) is 137 Å². The number of hydrogen-bond acceptors (Lipinski definition) is 11. The number of nitrogens with zero attached hydrogens (tertiary/aromatic N) is 2. The third-order valence-corrected chi connectivity index (χ3v) is 7.04. The summed E-state index contributed by atoms with van der Waals surface area (Å²) >= 11 is 5.82. The lowest BCUT2D eigenvalue weighted by atomic mass is 10.2. The highest BCUT2D eigenvalue weighted by molar-refractivity contribution is 6.29. The highest BCUT2D eigenvalue weighted by Crippen LogP contribution is 2.31. The number of benzene rings is 4. The van der Waals surface area contributed by atoms with E-state index in [-0.39, 0.29) is 44.9 Å². The summed E-state index contributed by atoms with van der Waals surface area (Å²) in [5.74, 6) is 4.48. The molecule has 1 heterocycles. The van der Waals surface area contributed by atoms with Gasteiger partial charge in [0.2, 0.25) is 0 Å². The average Bonchev–Trinajstić information content (AvgIpc) is 3.14. The molecule has 11 nitrogen and oxygen atoms in total. The average molecular weight is 708 g/mol. The van der Waals surface area contributed by atoms with Crippen molar-refractivity contribution in [1.29, 1.82) is 0 Å². The van der Waals surface area contributed by atoms with Crippen LogP contribution in [0.1, 0.15) is 37.1 Å². The molecule has 0 amide bonds. The Labute approximate surface area is 299 Å². The Kier molecular flexibility index (Phi) is 17.0. The number of aliphatic hydroxyl groups is 1. The van der Waals surface area contributed by atoms with Gasteiger partial charge in [-0.2, -0.15) is 4.98 Å². The summed E-state index contributed by atoms with van der Waals surface area (Å²) in [7, 11) is 6.44. The molecule has 50 heavy (non-hydrogen) atoms. The van der Waals surface area contributed by atoms with E-state index in [2.05, 4.69) is 9.97 Å². The molecule has 0 atom stereocenters. The van der Waals surface area contributed by atoms with Crippen molar-refractivity contribution in [3.8, 4) is 40.4 Å². The molecule has 1 aromatic heterocycles. The third-order valence-electron chi connectivity index (χ3n) is 6.86. The Morgan fingerprint density at radius 2 is 1.02 bits per heavy atom. The number of rotatable bonds is 14. The van der Waals surface area contributed by atoms with E-state index in [0.29, 0.717) is 36.2 Å². The zero-order valence-corrected chi connectivity index (χ0v) is 27.9.